The maximum Gasteiger partial charge on any atom is 0.0670 e. The van der Waals surface area contributed by atoms with Crippen molar-refractivity contribution in [2.75, 3.05) is 6.54 Å². The average molecular weight is 291 g/mol. The Morgan fingerprint density at radius 2 is 2.10 bits per heavy atom. The van der Waals surface area contributed by atoms with E-state index in [2.05, 4.69) is 35.1 Å². The van der Waals surface area contributed by atoms with Gasteiger partial charge in [0.15, 0.2) is 0 Å². The smallest absolute Gasteiger partial charge is 0.0670 e. The molecule has 0 amide bonds. The van der Waals surface area contributed by atoms with Gasteiger partial charge in [0.25, 0.3) is 0 Å². The zero-order chi connectivity index (χ0) is 13.9. The molecule has 1 aromatic carbocycles. The maximum atomic E-state index is 6.31. The van der Waals surface area contributed by atoms with Crippen molar-refractivity contribution in [2.45, 2.75) is 45.2 Å². The van der Waals surface area contributed by atoms with Crippen molar-refractivity contribution in [3.05, 3.63) is 35.5 Å². The van der Waals surface area contributed by atoms with Crippen LogP contribution in [0.2, 0.25) is 5.02 Å². The van der Waals surface area contributed by atoms with Gasteiger partial charge in [-0.15, -0.1) is 0 Å². The quantitative estimate of drug-likeness (QED) is 0.879. The first kappa shape index (κ1) is 14.0. The Balaban J connectivity index is 1.62. The summed E-state index contributed by atoms with van der Waals surface area (Å²) in [6, 6.07) is 8.94. The number of aromatic nitrogens is 1. The topological polar surface area (TPSA) is 17.0 Å². The zero-order valence-corrected chi connectivity index (χ0v) is 12.9. The second kappa shape index (κ2) is 6.19. The van der Waals surface area contributed by atoms with Gasteiger partial charge in [0.1, 0.15) is 0 Å². The maximum absolute atomic E-state index is 6.31. The minimum atomic E-state index is 0.695. The van der Waals surface area contributed by atoms with Crippen molar-refractivity contribution < 1.29 is 0 Å². The number of rotatable bonds is 4. The number of para-hydroxylation sites is 1. The number of benzene rings is 1. The Morgan fingerprint density at radius 1 is 1.25 bits per heavy atom. The van der Waals surface area contributed by atoms with E-state index in [4.69, 9.17) is 11.6 Å². The van der Waals surface area contributed by atoms with Crippen LogP contribution >= 0.6 is 11.6 Å². The van der Waals surface area contributed by atoms with E-state index < -0.39 is 0 Å². The Labute approximate surface area is 126 Å². The molecule has 1 aliphatic rings. The molecule has 1 aromatic heterocycles. The van der Waals surface area contributed by atoms with Crippen molar-refractivity contribution in [3.63, 3.8) is 0 Å². The fraction of sp³-hybridized carbons (Fsp3) is 0.529. The van der Waals surface area contributed by atoms with Gasteiger partial charge in [-0.1, -0.05) is 43.5 Å². The summed E-state index contributed by atoms with van der Waals surface area (Å²) < 4.78 is 2.26. The monoisotopic (exact) mass is 290 g/mol. The number of halogens is 1. The second-order valence-electron chi connectivity index (χ2n) is 6.01. The van der Waals surface area contributed by atoms with Gasteiger partial charge >= 0.3 is 0 Å². The van der Waals surface area contributed by atoms with Crippen molar-refractivity contribution in [1.82, 2.24) is 9.88 Å². The number of nitrogens with zero attached hydrogens (tertiary/aromatic N) is 1. The largest absolute Gasteiger partial charge is 0.345 e. The van der Waals surface area contributed by atoms with Crippen LogP contribution in [0.25, 0.3) is 10.9 Å². The van der Waals surface area contributed by atoms with Crippen LogP contribution in [-0.4, -0.2) is 17.2 Å². The molecule has 1 saturated carbocycles. The molecule has 1 N–H and O–H groups in total. The average Bonchev–Trinajstić information content (AvgIpc) is 2.86. The number of fused-ring (bicyclic) bond motifs is 1. The lowest BCUT2D eigenvalue weighted by Gasteiger charge is -2.29. The molecule has 0 aliphatic heterocycles. The standard InChI is InChI=1S/C17H23ClN2/c1-13-5-2-3-8-16(13)19-10-12-20-11-9-14-6-4-7-15(18)17(14)20/h4,6-7,9,11,13,16,19H,2-3,5,8,10,12H2,1H3. The van der Waals surface area contributed by atoms with E-state index in [9.17, 15) is 0 Å². The molecule has 2 unspecified atom stereocenters. The van der Waals surface area contributed by atoms with Gasteiger partial charge in [-0.05, 0) is 30.9 Å². The van der Waals surface area contributed by atoms with Gasteiger partial charge in [-0.2, -0.15) is 0 Å². The second-order valence-corrected chi connectivity index (χ2v) is 6.42. The normalized spacial score (nSPS) is 23.3. The summed E-state index contributed by atoms with van der Waals surface area (Å²) in [5.74, 6) is 0.814. The Hall–Kier alpha value is -0.990. The molecule has 1 aliphatic carbocycles. The van der Waals surface area contributed by atoms with Crippen molar-refractivity contribution in [1.29, 1.82) is 0 Å². The van der Waals surface area contributed by atoms with Crippen LogP contribution in [0.1, 0.15) is 32.6 Å². The van der Waals surface area contributed by atoms with E-state index >= 15 is 0 Å². The van der Waals surface area contributed by atoms with Crippen LogP contribution < -0.4 is 5.32 Å². The van der Waals surface area contributed by atoms with E-state index in [0.29, 0.717) is 6.04 Å². The van der Waals surface area contributed by atoms with E-state index in [-0.39, 0.29) is 0 Å². The highest BCUT2D eigenvalue weighted by Crippen LogP contribution is 2.25. The summed E-state index contributed by atoms with van der Waals surface area (Å²) in [5, 5.41) is 5.80. The third kappa shape index (κ3) is 2.87. The zero-order valence-electron chi connectivity index (χ0n) is 12.1. The van der Waals surface area contributed by atoms with Gasteiger partial charge in [0.2, 0.25) is 0 Å². The van der Waals surface area contributed by atoms with Gasteiger partial charge in [0, 0.05) is 30.7 Å². The van der Waals surface area contributed by atoms with Crippen molar-refractivity contribution >= 4 is 22.5 Å². The highest BCUT2D eigenvalue weighted by Gasteiger charge is 2.20. The van der Waals surface area contributed by atoms with E-state index in [0.717, 1.165) is 29.5 Å². The fourth-order valence-corrected chi connectivity index (χ4v) is 3.68. The number of nitrogens with one attached hydrogen (secondary N) is 1. The molecule has 2 atom stereocenters. The first-order valence-corrected chi connectivity index (χ1v) is 8.10. The molecule has 3 heteroatoms. The van der Waals surface area contributed by atoms with Crippen LogP contribution in [0.5, 0.6) is 0 Å². The Bertz CT molecular complexity index is 575. The van der Waals surface area contributed by atoms with E-state index in [1.807, 2.05) is 12.1 Å². The summed E-state index contributed by atoms with van der Waals surface area (Å²) >= 11 is 6.31. The Morgan fingerprint density at radius 3 is 2.95 bits per heavy atom. The van der Waals surface area contributed by atoms with Crippen molar-refractivity contribution in [3.8, 4) is 0 Å². The summed E-state index contributed by atoms with van der Waals surface area (Å²) in [6.45, 7) is 4.37. The van der Waals surface area contributed by atoms with Crippen molar-refractivity contribution in [2.24, 2.45) is 5.92 Å². The third-order valence-corrected chi connectivity index (χ3v) is 4.91. The highest BCUT2D eigenvalue weighted by atomic mass is 35.5. The van der Waals surface area contributed by atoms with Crippen LogP contribution in [0.15, 0.2) is 30.5 Å². The lowest BCUT2D eigenvalue weighted by Crippen LogP contribution is -2.38. The first-order valence-electron chi connectivity index (χ1n) is 7.72. The minimum absolute atomic E-state index is 0.695. The molecule has 0 saturated heterocycles. The lowest BCUT2D eigenvalue weighted by atomic mass is 9.86. The molecule has 2 aromatic rings. The van der Waals surface area contributed by atoms with Crippen LogP contribution in [0, 0.1) is 5.92 Å². The molecular weight excluding hydrogens is 268 g/mol. The van der Waals surface area contributed by atoms with E-state index in [1.165, 1.54) is 31.1 Å². The minimum Gasteiger partial charge on any atom is -0.345 e. The summed E-state index contributed by atoms with van der Waals surface area (Å²) in [7, 11) is 0. The number of hydrogen-bond acceptors (Lipinski definition) is 1. The van der Waals surface area contributed by atoms with Gasteiger partial charge in [0.05, 0.1) is 10.5 Å². The molecule has 1 fully saturated rings. The molecule has 0 spiro atoms. The highest BCUT2D eigenvalue weighted by molar-refractivity contribution is 6.35. The molecule has 3 rings (SSSR count). The fourth-order valence-electron chi connectivity index (χ4n) is 3.39. The van der Waals surface area contributed by atoms with Crippen LogP contribution in [0.4, 0.5) is 0 Å². The summed E-state index contributed by atoms with van der Waals surface area (Å²) in [5.41, 5.74) is 1.16. The van der Waals surface area contributed by atoms with Gasteiger partial charge in [-0.3, -0.25) is 0 Å². The third-order valence-electron chi connectivity index (χ3n) is 4.61. The van der Waals surface area contributed by atoms with E-state index in [1.54, 1.807) is 0 Å². The molecule has 0 radical (unpaired) electrons. The molecule has 20 heavy (non-hydrogen) atoms. The molecular formula is C17H23ClN2. The van der Waals surface area contributed by atoms with Crippen LogP contribution in [-0.2, 0) is 6.54 Å². The Kier molecular flexibility index (Phi) is 4.32. The van der Waals surface area contributed by atoms with Gasteiger partial charge < -0.3 is 9.88 Å². The van der Waals surface area contributed by atoms with Gasteiger partial charge in [-0.25, -0.2) is 0 Å². The van der Waals surface area contributed by atoms with Crippen LogP contribution in [0.3, 0.4) is 0 Å². The first-order chi connectivity index (χ1) is 9.75. The summed E-state index contributed by atoms with van der Waals surface area (Å²) in [6.07, 6.45) is 7.62. The molecule has 0 bridgehead atoms. The molecule has 1 heterocycles. The predicted octanol–water partition coefficient (Wildman–Crippen LogP) is 4.46. The number of hydrogen-bond donors (Lipinski definition) is 1. The SMILES string of the molecule is CC1CCCCC1NCCn1ccc2cccc(Cl)c21. The lowest BCUT2D eigenvalue weighted by molar-refractivity contribution is 0.279. The molecule has 108 valence electrons. The summed E-state index contributed by atoms with van der Waals surface area (Å²) in [4.78, 5) is 0. The predicted molar refractivity (Wildman–Crippen MR) is 86.4 cm³/mol. The molecule has 2 nitrogen and oxygen atoms in total.